The second-order valence-corrected chi connectivity index (χ2v) is 4.51. The highest BCUT2D eigenvalue weighted by Gasteiger charge is 2.22. The second kappa shape index (κ2) is 6.23. The topological polar surface area (TPSA) is 64.4 Å². The van der Waals surface area contributed by atoms with Crippen molar-refractivity contribution in [1.29, 1.82) is 0 Å². The minimum atomic E-state index is -0.224. The van der Waals surface area contributed by atoms with Gasteiger partial charge in [-0.05, 0) is 19.8 Å². The first-order valence-corrected chi connectivity index (χ1v) is 6.29. The predicted octanol–water partition coefficient (Wildman–Crippen LogP) is 2.32. The Labute approximate surface area is 106 Å². The molecule has 0 atom stereocenters. The molecule has 0 aliphatic heterocycles. The van der Waals surface area contributed by atoms with E-state index in [1.54, 1.807) is 25.5 Å². The highest BCUT2D eigenvalue weighted by atomic mass is 16.7. The van der Waals surface area contributed by atoms with Crippen molar-refractivity contribution in [3.63, 3.8) is 0 Å². The minimum absolute atomic E-state index is 0.0113. The number of carbonyl (C=O) groups excluding carboxylic acids is 1. The quantitative estimate of drug-likeness (QED) is 0.467. The molecule has 1 aromatic heterocycles. The average molecular weight is 247 g/mol. The van der Waals surface area contributed by atoms with E-state index < -0.39 is 0 Å². The molecule has 0 bridgehead atoms. The van der Waals surface area contributed by atoms with E-state index in [1.807, 2.05) is 0 Å². The van der Waals surface area contributed by atoms with Gasteiger partial charge in [-0.2, -0.15) is 0 Å². The average Bonchev–Trinajstić information content (AvgIpc) is 2.46. The number of nitrogens with zero attached hydrogens (tertiary/aromatic N) is 3. The highest BCUT2D eigenvalue weighted by Crippen LogP contribution is 2.24. The van der Waals surface area contributed by atoms with Gasteiger partial charge in [-0.3, -0.25) is 9.97 Å². The van der Waals surface area contributed by atoms with Gasteiger partial charge < -0.3 is 4.84 Å². The van der Waals surface area contributed by atoms with Gasteiger partial charge in [0.25, 0.3) is 0 Å². The summed E-state index contributed by atoms with van der Waals surface area (Å²) < 4.78 is 0. The predicted molar refractivity (Wildman–Crippen MR) is 66.9 cm³/mol. The molecule has 0 amide bonds. The summed E-state index contributed by atoms with van der Waals surface area (Å²) in [6.45, 7) is 1.75. The Bertz CT molecular complexity index is 425. The molecule has 0 spiro atoms. The molecule has 1 aliphatic rings. The van der Waals surface area contributed by atoms with Gasteiger partial charge in [-0.25, -0.2) is 4.79 Å². The van der Waals surface area contributed by atoms with Gasteiger partial charge in [-0.1, -0.05) is 24.4 Å². The molecule has 1 saturated carbocycles. The largest absolute Gasteiger partial charge is 0.338 e. The summed E-state index contributed by atoms with van der Waals surface area (Å²) in [5.41, 5.74) is 1.18. The maximum atomic E-state index is 11.8. The van der Waals surface area contributed by atoms with Crippen molar-refractivity contribution in [1.82, 2.24) is 9.97 Å². The van der Waals surface area contributed by atoms with Gasteiger partial charge in [0, 0.05) is 12.4 Å². The van der Waals surface area contributed by atoms with E-state index in [4.69, 9.17) is 4.84 Å². The normalized spacial score (nSPS) is 17.5. The Kier molecular flexibility index (Phi) is 4.39. The Morgan fingerprint density at radius 2 is 2.11 bits per heavy atom. The van der Waals surface area contributed by atoms with E-state index in [0.717, 1.165) is 25.7 Å². The number of aromatic nitrogens is 2. The van der Waals surface area contributed by atoms with Crippen LogP contribution in [0.2, 0.25) is 0 Å². The molecule has 18 heavy (non-hydrogen) atoms. The summed E-state index contributed by atoms with van der Waals surface area (Å²) in [4.78, 5) is 24.8. The highest BCUT2D eigenvalue weighted by molar-refractivity contribution is 5.96. The van der Waals surface area contributed by atoms with E-state index in [1.165, 1.54) is 6.42 Å². The monoisotopic (exact) mass is 247 g/mol. The lowest BCUT2D eigenvalue weighted by Gasteiger charge is -2.18. The lowest BCUT2D eigenvalue weighted by molar-refractivity contribution is -0.149. The fourth-order valence-corrected chi connectivity index (χ4v) is 2.06. The van der Waals surface area contributed by atoms with Gasteiger partial charge in [0.05, 0.1) is 12.1 Å². The summed E-state index contributed by atoms with van der Waals surface area (Å²) in [5.74, 6) is -0.213. The Hall–Kier alpha value is -1.78. The molecule has 0 N–H and O–H groups in total. The molecule has 1 fully saturated rings. The van der Waals surface area contributed by atoms with Gasteiger partial charge in [0.15, 0.2) is 0 Å². The summed E-state index contributed by atoms with van der Waals surface area (Å²) in [5, 5.41) is 3.83. The van der Waals surface area contributed by atoms with Crippen molar-refractivity contribution in [3.8, 4) is 0 Å². The molecule has 1 heterocycles. The molecule has 0 saturated heterocycles. The van der Waals surface area contributed by atoms with Crippen LogP contribution < -0.4 is 0 Å². The van der Waals surface area contributed by atoms with Crippen molar-refractivity contribution in [2.24, 2.45) is 11.1 Å². The lowest BCUT2D eigenvalue weighted by atomic mass is 9.89. The standard InChI is InChI=1S/C13H17N3O2/c1-10(12-9-14-7-8-15-12)16-18-13(17)11-5-3-2-4-6-11/h7-9,11H,2-6H2,1H3/b16-10+. The maximum absolute atomic E-state index is 11.8. The van der Waals surface area contributed by atoms with Crippen molar-refractivity contribution in [3.05, 3.63) is 24.3 Å². The molecule has 0 unspecified atom stereocenters. The van der Waals surface area contributed by atoms with Crippen molar-refractivity contribution in [2.75, 3.05) is 0 Å². The molecular formula is C13H17N3O2. The van der Waals surface area contributed by atoms with Gasteiger partial charge >= 0.3 is 5.97 Å². The van der Waals surface area contributed by atoms with Gasteiger partial charge in [0.1, 0.15) is 11.4 Å². The first kappa shape index (κ1) is 12.7. The zero-order chi connectivity index (χ0) is 12.8. The molecule has 1 aromatic rings. The third kappa shape index (κ3) is 3.35. The number of hydrogen-bond donors (Lipinski definition) is 0. The van der Waals surface area contributed by atoms with Crippen LogP contribution in [0.5, 0.6) is 0 Å². The van der Waals surface area contributed by atoms with Crippen LogP contribution in [0, 0.1) is 5.92 Å². The fourth-order valence-electron chi connectivity index (χ4n) is 2.06. The summed E-state index contributed by atoms with van der Waals surface area (Å²) in [7, 11) is 0. The third-order valence-electron chi connectivity index (χ3n) is 3.14. The lowest BCUT2D eigenvalue weighted by Crippen LogP contribution is -2.19. The molecule has 5 nitrogen and oxygen atoms in total. The Morgan fingerprint density at radius 3 is 2.78 bits per heavy atom. The van der Waals surface area contributed by atoms with Crippen LogP contribution in [0.4, 0.5) is 0 Å². The number of oxime groups is 1. The minimum Gasteiger partial charge on any atom is -0.318 e. The SMILES string of the molecule is C/C(=N\OC(=O)C1CCCCC1)c1cnccn1. The second-order valence-electron chi connectivity index (χ2n) is 4.51. The van der Waals surface area contributed by atoms with Crippen LogP contribution in [0.1, 0.15) is 44.7 Å². The van der Waals surface area contributed by atoms with Crippen LogP contribution >= 0.6 is 0 Å². The molecule has 5 heteroatoms. The molecule has 2 rings (SSSR count). The van der Waals surface area contributed by atoms with Crippen molar-refractivity contribution < 1.29 is 9.63 Å². The molecule has 0 aromatic carbocycles. The Balaban J connectivity index is 1.91. The summed E-state index contributed by atoms with van der Waals surface area (Å²) in [6.07, 6.45) is 10.0. The zero-order valence-electron chi connectivity index (χ0n) is 10.5. The van der Waals surface area contributed by atoms with Crippen LogP contribution in [0.3, 0.4) is 0 Å². The van der Waals surface area contributed by atoms with Crippen LogP contribution in [0.25, 0.3) is 0 Å². The molecule has 96 valence electrons. The van der Waals surface area contributed by atoms with E-state index in [2.05, 4.69) is 15.1 Å². The van der Waals surface area contributed by atoms with E-state index in [-0.39, 0.29) is 11.9 Å². The number of rotatable bonds is 3. The van der Waals surface area contributed by atoms with Crippen LogP contribution in [-0.4, -0.2) is 21.6 Å². The molecule has 0 radical (unpaired) electrons. The van der Waals surface area contributed by atoms with Gasteiger partial charge in [-0.15, -0.1) is 0 Å². The number of carbonyl (C=O) groups is 1. The summed E-state index contributed by atoms with van der Waals surface area (Å²) in [6, 6.07) is 0. The third-order valence-corrected chi connectivity index (χ3v) is 3.14. The van der Waals surface area contributed by atoms with Crippen LogP contribution in [-0.2, 0) is 9.63 Å². The maximum Gasteiger partial charge on any atom is 0.338 e. The summed E-state index contributed by atoms with van der Waals surface area (Å²) >= 11 is 0. The molecular weight excluding hydrogens is 230 g/mol. The molecule has 1 aliphatic carbocycles. The number of hydrogen-bond acceptors (Lipinski definition) is 5. The first-order valence-electron chi connectivity index (χ1n) is 6.29. The van der Waals surface area contributed by atoms with E-state index in [9.17, 15) is 4.79 Å². The van der Waals surface area contributed by atoms with Crippen molar-refractivity contribution >= 4 is 11.7 Å². The first-order chi connectivity index (χ1) is 8.77. The Morgan fingerprint density at radius 1 is 1.33 bits per heavy atom. The van der Waals surface area contributed by atoms with E-state index in [0.29, 0.717) is 11.4 Å². The van der Waals surface area contributed by atoms with Gasteiger partial charge in [0.2, 0.25) is 0 Å². The fraction of sp³-hybridized carbons (Fsp3) is 0.538. The smallest absolute Gasteiger partial charge is 0.318 e. The van der Waals surface area contributed by atoms with Crippen LogP contribution in [0.15, 0.2) is 23.7 Å². The van der Waals surface area contributed by atoms with E-state index >= 15 is 0 Å². The van der Waals surface area contributed by atoms with Crippen molar-refractivity contribution in [2.45, 2.75) is 39.0 Å². The zero-order valence-corrected chi connectivity index (χ0v) is 10.5.